The van der Waals surface area contributed by atoms with E-state index in [1.807, 2.05) is 26.0 Å². The number of halogens is 1. The van der Waals surface area contributed by atoms with Gasteiger partial charge in [0.15, 0.2) is 4.90 Å². The zero-order chi connectivity index (χ0) is 9.30. The molecule has 3 heteroatoms. The second-order valence-corrected chi connectivity index (χ2v) is 4.57. The van der Waals surface area contributed by atoms with Gasteiger partial charge in [0, 0.05) is 5.56 Å². The van der Waals surface area contributed by atoms with Gasteiger partial charge in [-0.05, 0) is 36.7 Å². The Kier molecular flexibility index (Phi) is 3.04. The molecule has 0 amide bonds. The average Bonchev–Trinajstić information content (AvgIpc) is 1.82. The Morgan fingerprint density at radius 2 is 1.92 bits per heavy atom. The molecule has 1 nitrogen and oxygen atoms in total. The summed E-state index contributed by atoms with van der Waals surface area (Å²) in [5.74, 6) is 0. The van der Waals surface area contributed by atoms with Crippen molar-refractivity contribution < 1.29 is 4.55 Å². The quantitative estimate of drug-likeness (QED) is 0.643. The maximum Gasteiger partial charge on any atom is 0.173 e. The van der Waals surface area contributed by atoms with Crippen molar-refractivity contribution in [3.8, 4) is 0 Å². The molecule has 0 bridgehead atoms. The van der Waals surface area contributed by atoms with Crippen molar-refractivity contribution in [2.45, 2.75) is 18.7 Å². The summed E-state index contributed by atoms with van der Waals surface area (Å²) in [5, 5.41) is 0.605. The highest BCUT2D eigenvalue weighted by molar-refractivity contribution is 7.90. The minimum absolute atomic E-state index is 0.605. The van der Waals surface area contributed by atoms with E-state index in [4.69, 9.17) is 11.6 Å². The summed E-state index contributed by atoms with van der Waals surface area (Å²) >= 11 is 4.94. The molecule has 1 aromatic rings. The van der Waals surface area contributed by atoms with Crippen LogP contribution in [0.15, 0.2) is 17.0 Å². The fourth-order valence-corrected chi connectivity index (χ4v) is 2.76. The predicted octanol–water partition coefficient (Wildman–Crippen LogP) is 2.69. The highest BCUT2D eigenvalue weighted by Crippen LogP contribution is 2.26. The van der Waals surface area contributed by atoms with Crippen LogP contribution >= 0.6 is 11.6 Å². The molecule has 1 unspecified atom stereocenters. The van der Waals surface area contributed by atoms with Crippen LogP contribution in [0.25, 0.3) is 0 Å². The molecule has 12 heavy (non-hydrogen) atoms. The van der Waals surface area contributed by atoms with E-state index < -0.39 is 11.2 Å². The van der Waals surface area contributed by atoms with Crippen LogP contribution in [0.5, 0.6) is 0 Å². The van der Waals surface area contributed by atoms with Gasteiger partial charge in [0.05, 0.1) is 5.02 Å². The first-order chi connectivity index (χ1) is 5.52. The number of rotatable bonds is 1. The van der Waals surface area contributed by atoms with Crippen LogP contribution in [0, 0.1) is 13.8 Å². The molecular formula is C9H11ClOS. The first-order valence-electron chi connectivity index (χ1n) is 3.62. The molecule has 66 valence electrons. The molecule has 1 rings (SSSR count). The molecule has 0 aliphatic carbocycles. The van der Waals surface area contributed by atoms with E-state index in [0.717, 1.165) is 16.0 Å². The third-order valence-corrected chi connectivity index (χ3v) is 3.19. The zero-order valence-electron chi connectivity index (χ0n) is 7.35. The third kappa shape index (κ3) is 1.94. The van der Waals surface area contributed by atoms with E-state index in [-0.39, 0.29) is 0 Å². The minimum Gasteiger partial charge on any atom is -0.612 e. The van der Waals surface area contributed by atoms with Gasteiger partial charge in [-0.15, -0.1) is 0 Å². The van der Waals surface area contributed by atoms with Crippen LogP contribution in [0.3, 0.4) is 0 Å². The summed E-state index contributed by atoms with van der Waals surface area (Å²) in [6, 6.07) is 3.83. The molecule has 0 aliphatic rings. The van der Waals surface area contributed by atoms with Crippen LogP contribution in [0.1, 0.15) is 11.1 Å². The monoisotopic (exact) mass is 202 g/mol. The molecule has 0 heterocycles. The highest BCUT2D eigenvalue weighted by Gasteiger charge is 2.13. The lowest BCUT2D eigenvalue weighted by atomic mass is 10.2. The second-order valence-electron chi connectivity index (χ2n) is 2.85. The molecule has 0 saturated heterocycles. The summed E-state index contributed by atoms with van der Waals surface area (Å²) in [4.78, 5) is 0.752. The van der Waals surface area contributed by atoms with Crippen molar-refractivity contribution in [1.82, 2.24) is 0 Å². The minimum atomic E-state index is -0.992. The number of hydrogen-bond donors (Lipinski definition) is 0. The van der Waals surface area contributed by atoms with Gasteiger partial charge >= 0.3 is 0 Å². The Balaban J connectivity index is 3.28. The Morgan fingerprint density at radius 1 is 1.33 bits per heavy atom. The van der Waals surface area contributed by atoms with Crippen LogP contribution in [0.4, 0.5) is 0 Å². The lowest BCUT2D eigenvalue weighted by Gasteiger charge is -2.09. The fraction of sp³-hybridized carbons (Fsp3) is 0.333. The van der Waals surface area contributed by atoms with E-state index in [0.29, 0.717) is 5.02 Å². The van der Waals surface area contributed by atoms with Gasteiger partial charge in [-0.1, -0.05) is 17.7 Å². The SMILES string of the molecule is Cc1cc(C)c([S+](C)[O-])c(Cl)c1. The molecule has 1 aromatic carbocycles. The summed E-state index contributed by atoms with van der Waals surface area (Å²) < 4.78 is 11.2. The molecular weight excluding hydrogens is 192 g/mol. The molecule has 0 saturated carbocycles. The van der Waals surface area contributed by atoms with Crippen molar-refractivity contribution in [1.29, 1.82) is 0 Å². The number of aryl methyl sites for hydroxylation is 2. The average molecular weight is 203 g/mol. The molecule has 0 fully saturated rings. The highest BCUT2D eigenvalue weighted by atomic mass is 35.5. The zero-order valence-corrected chi connectivity index (χ0v) is 8.92. The van der Waals surface area contributed by atoms with Crippen LogP contribution in [0.2, 0.25) is 5.02 Å². The Labute approximate surface area is 80.9 Å². The Morgan fingerprint density at radius 3 is 2.33 bits per heavy atom. The van der Waals surface area contributed by atoms with Crippen molar-refractivity contribution in [3.63, 3.8) is 0 Å². The normalized spacial score (nSPS) is 13.1. The van der Waals surface area contributed by atoms with E-state index in [1.54, 1.807) is 6.26 Å². The maximum absolute atomic E-state index is 11.2. The predicted molar refractivity (Wildman–Crippen MR) is 53.3 cm³/mol. The molecule has 0 radical (unpaired) electrons. The maximum atomic E-state index is 11.2. The van der Waals surface area contributed by atoms with Crippen LogP contribution in [-0.2, 0) is 11.2 Å². The number of hydrogen-bond acceptors (Lipinski definition) is 1. The van der Waals surface area contributed by atoms with Gasteiger partial charge in [-0.3, -0.25) is 0 Å². The van der Waals surface area contributed by atoms with Crippen molar-refractivity contribution >= 4 is 22.8 Å². The molecule has 1 atom stereocenters. The van der Waals surface area contributed by atoms with Crippen molar-refractivity contribution in [3.05, 3.63) is 28.3 Å². The fourth-order valence-electron chi connectivity index (χ4n) is 1.27. The van der Waals surface area contributed by atoms with Crippen LogP contribution in [-0.4, -0.2) is 10.8 Å². The summed E-state index contributed by atoms with van der Waals surface area (Å²) in [6.45, 7) is 3.90. The van der Waals surface area contributed by atoms with Gasteiger partial charge < -0.3 is 4.55 Å². The van der Waals surface area contributed by atoms with Gasteiger partial charge in [0.1, 0.15) is 6.26 Å². The molecule has 0 spiro atoms. The third-order valence-electron chi connectivity index (χ3n) is 1.66. The summed E-state index contributed by atoms with van der Waals surface area (Å²) in [5.41, 5.74) is 2.10. The lowest BCUT2D eigenvalue weighted by Crippen LogP contribution is -2.01. The smallest absolute Gasteiger partial charge is 0.173 e. The van der Waals surface area contributed by atoms with Gasteiger partial charge in [-0.25, -0.2) is 0 Å². The van der Waals surface area contributed by atoms with E-state index in [9.17, 15) is 4.55 Å². The Bertz CT molecular complexity index is 274. The van der Waals surface area contributed by atoms with Crippen LogP contribution < -0.4 is 0 Å². The first kappa shape index (κ1) is 9.90. The molecule has 0 N–H and O–H groups in total. The molecule has 0 aromatic heterocycles. The Hall–Kier alpha value is -0.180. The summed E-state index contributed by atoms with van der Waals surface area (Å²) in [6.07, 6.45) is 1.64. The second kappa shape index (κ2) is 3.69. The largest absolute Gasteiger partial charge is 0.612 e. The van der Waals surface area contributed by atoms with Crippen molar-refractivity contribution in [2.75, 3.05) is 6.26 Å². The van der Waals surface area contributed by atoms with E-state index in [1.165, 1.54) is 0 Å². The van der Waals surface area contributed by atoms with E-state index >= 15 is 0 Å². The molecule has 0 aliphatic heterocycles. The van der Waals surface area contributed by atoms with Gasteiger partial charge in [-0.2, -0.15) is 0 Å². The van der Waals surface area contributed by atoms with Crippen molar-refractivity contribution in [2.24, 2.45) is 0 Å². The standard InChI is InChI=1S/C9H11ClOS/c1-6-4-7(2)9(12(3)11)8(10)5-6/h4-5H,1-3H3. The lowest BCUT2D eigenvalue weighted by molar-refractivity contribution is 0.600. The van der Waals surface area contributed by atoms with E-state index in [2.05, 4.69) is 0 Å². The number of benzene rings is 1. The van der Waals surface area contributed by atoms with Gasteiger partial charge in [0.25, 0.3) is 0 Å². The first-order valence-corrected chi connectivity index (χ1v) is 5.56. The summed E-state index contributed by atoms with van der Waals surface area (Å²) in [7, 11) is 0. The topological polar surface area (TPSA) is 23.1 Å². The van der Waals surface area contributed by atoms with Gasteiger partial charge in [0.2, 0.25) is 0 Å².